The summed E-state index contributed by atoms with van der Waals surface area (Å²) in [5.41, 5.74) is 7.62. The molecule has 0 amide bonds. The minimum absolute atomic E-state index is 0.0968. The first-order valence-electron chi connectivity index (χ1n) is 7.39. The second-order valence-corrected chi connectivity index (χ2v) is 5.70. The van der Waals surface area contributed by atoms with Crippen LogP contribution in [-0.4, -0.2) is 37.7 Å². The van der Waals surface area contributed by atoms with Crippen molar-refractivity contribution in [1.29, 1.82) is 0 Å². The molecule has 1 aromatic rings. The Morgan fingerprint density at radius 3 is 2.90 bits per heavy atom. The third-order valence-corrected chi connectivity index (χ3v) is 4.03. The quantitative estimate of drug-likeness (QED) is 0.901. The van der Waals surface area contributed by atoms with E-state index in [1.165, 1.54) is 12.5 Å². The van der Waals surface area contributed by atoms with Gasteiger partial charge in [0.25, 0.3) is 0 Å². The van der Waals surface area contributed by atoms with Crippen LogP contribution >= 0.6 is 0 Å². The highest BCUT2D eigenvalue weighted by Gasteiger charge is 2.23. The van der Waals surface area contributed by atoms with E-state index in [1.54, 1.807) is 6.07 Å². The fourth-order valence-electron chi connectivity index (χ4n) is 2.86. The highest BCUT2D eigenvalue weighted by molar-refractivity contribution is 5.27. The van der Waals surface area contributed by atoms with Gasteiger partial charge in [-0.1, -0.05) is 17.7 Å². The molecule has 1 aromatic carbocycles. The molecule has 1 fully saturated rings. The minimum atomic E-state index is -0.178. The number of halogens is 1. The molecule has 0 bridgehead atoms. The average Bonchev–Trinajstić information content (AvgIpc) is 2.44. The summed E-state index contributed by atoms with van der Waals surface area (Å²) in [6.07, 6.45) is 3.69. The predicted octanol–water partition coefficient (Wildman–Crippen LogP) is 2.63. The molecule has 0 radical (unpaired) electrons. The van der Waals surface area contributed by atoms with Crippen LogP contribution in [0.2, 0.25) is 0 Å². The van der Waals surface area contributed by atoms with Crippen molar-refractivity contribution in [3.63, 3.8) is 0 Å². The van der Waals surface area contributed by atoms with E-state index in [0.29, 0.717) is 12.1 Å². The molecular weight excluding hydrogens is 255 g/mol. The Kier molecular flexibility index (Phi) is 5.52. The van der Waals surface area contributed by atoms with Gasteiger partial charge in [0.05, 0.1) is 6.10 Å². The molecule has 4 heteroatoms. The van der Waals surface area contributed by atoms with Crippen LogP contribution in [0.1, 0.15) is 36.4 Å². The maximum absolute atomic E-state index is 14.0. The third kappa shape index (κ3) is 3.78. The fraction of sp³-hybridized carbons (Fsp3) is 0.625. The number of rotatable bonds is 5. The Labute approximate surface area is 120 Å². The average molecular weight is 280 g/mol. The summed E-state index contributed by atoms with van der Waals surface area (Å²) in [6.45, 7) is 4.02. The van der Waals surface area contributed by atoms with E-state index >= 15 is 0 Å². The van der Waals surface area contributed by atoms with Crippen LogP contribution in [0.3, 0.4) is 0 Å². The molecule has 112 valence electrons. The summed E-state index contributed by atoms with van der Waals surface area (Å²) in [5, 5.41) is 0. The van der Waals surface area contributed by atoms with E-state index in [9.17, 15) is 4.39 Å². The van der Waals surface area contributed by atoms with E-state index in [-0.39, 0.29) is 18.0 Å². The van der Waals surface area contributed by atoms with Crippen molar-refractivity contribution < 1.29 is 9.13 Å². The SMILES string of the molecule is Cc1ccc(F)c(C(CN)N(C)CC2CCCCO2)c1. The van der Waals surface area contributed by atoms with Crippen LogP contribution in [-0.2, 0) is 4.74 Å². The standard InChI is InChI=1S/C16H25FN2O/c1-12-6-7-15(17)14(9-12)16(10-18)19(2)11-13-5-3-4-8-20-13/h6-7,9,13,16H,3-5,8,10-11,18H2,1-2H3. The van der Waals surface area contributed by atoms with E-state index < -0.39 is 0 Å². The lowest BCUT2D eigenvalue weighted by molar-refractivity contribution is -0.00800. The molecule has 2 unspecified atom stereocenters. The van der Waals surface area contributed by atoms with Crippen molar-refractivity contribution in [3.05, 3.63) is 35.1 Å². The minimum Gasteiger partial charge on any atom is -0.377 e. The van der Waals surface area contributed by atoms with Gasteiger partial charge in [-0.15, -0.1) is 0 Å². The molecule has 1 saturated heterocycles. The normalized spacial score (nSPS) is 21.1. The summed E-state index contributed by atoms with van der Waals surface area (Å²) < 4.78 is 19.8. The van der Waals surface area contributed by atoms with Gasteiger partial charge in [0.15, 0.2) is 0 Å². The van der Waals surface area contributed by atoms with E-state index in [0.717, 1.165) is 31.6 Å². The van der Waals surface area contributed by atoms with Crippen molar-refractivity contribution in [2.24, 2.45) is 5.73 Å². The van der Waals surface area contributed by atoms with E-state index in [4.69, 9.17) is 10.5 Å². The molecule has 0 saturated carbocycles. The second-order valence-electron chi connectivity index (χ2n) is 5.70. The van der Waals surface area contributed by atoms with Gasteiger partial charge in [0.2, 0.25) is 0 Å². The van der Waals surface area contributed by atoms with Crippen LogP contribution < -0.4 is 5.73 Å². The van der Waals surface area contributed by atoms with Crippen molar-refractivity contribution in [2.75, 3.05) is 26.7 Å². The van der Waals surface area contributed by atoms with Gasteiger partial charge in [-0.2, -0.15) is 0 Å². The van der Waals surface area contributed by atoms with Crippen molar-refractivity contribution in [1.82, 2.24) is 4.90 Å². The summed E-state index contributed by atoms with van der Waals surface area (Å²) in [4.78, 5) is 2.12. The smallest absolute Gasteiger partial charge is 0.128 e. The Morgan fingerprint density at radius 2 is 2.25 bits per heavy atom. The maximum atomic E-state index is 14.0. The molecule has 0 aromatic heterocycles. The molecule has 0 aliphatic carbocycles. The van der Waals surface area contributed by atoms with E-state index in [1.807, 2.05) is 20.0 Å². The molecule has 2 atom stereocenters. The van der Waals surface area contributed by atoms with Gasteiger partial charge in [-0.3, -0.25) is 4.90 Å². The molecule has 2 N–H and O–H groups in total. The molecule has 1 aliphatic heterocycles. The van der Waals surface area contributed by atoms with Gasteiger partial charge in [0, 0.05) is 31.3 Å². The van der Waals surface area contributed by atoms with Crippen LogP contribution in [0.4, 0.5) is 4.39 Å². The highest BCUT2D eigenvalue weighted by Crippen LogP contribution is 2.24. The van der Waals surface area contributed by atoms with Crippen molar-refractivity contribution in [2.45, 2.75) is 38.3 Å². The van der Waals surface area contributed by atoms with Crippen LogP contribution in [0.5, 0.6) is 0 Å². The number of ether oxygens (including phenoxy) is 1. The third-order valence-electron chi connectivity index (χ3n) is 4.03. The maximum Gasteiger partial charge on any atom is 0.128 e. The summed E-state index contributed by atoms with van der Waals surface area (Å²) >= 11 is 0. The zero-order chi connectivity index (χ0) is 14.5. The first-order valence-corrected chi connectivity index (χ1v) is 7.39. The molecule has 20 heavy (non-hydrogen) atoms. The summed E-state index contributed by atoms with van der Waals surface area (Å²) in [7, 11) is 2.00. The monoisotopic (exact) mass is 280 g/mol. The number of likely N-dealkylation sites (N-methyl/N-ethyl adjacent to an activating group) is 1. The first-order chi connectivity index (χ1) is 9.61. The number of nitrogens with zero attached hydrogens (tertiary/aromatic N) is 1. The number of hydrogen-bond donors (Lipinski definition) is 1. The Balaban J connectivity index is 2.07. The van der Waals surface area contributed by atoms with Gasteiger partial charge in [0.1, 0.15) is 5.82 Å². The number of nitrogens with two attached hydrogens (primary N) is 1. The zero-order valence-electron chi connectivity index (χ0n) is 12.4. The fourth-order valence-corrected chi connectivity index (χ4v) is 2.86. The zero-order valence-corrected chi connectivity index (χ0v) is 12.4. The van der Waals surface area contributed by atoms with Gasteiger partial charge < -0.3 is 10.5 Å². The lowest BCUT2D eigenvalue weighted by atomic mass is 10.0. The van der Waals surface area contributed by atoms with Gasteiger partial charge >= 0.3 is 0 Å². The van der Waals surface area contributed by atoms with Gasteiger partial charge in [-0.05, 0) is 39.3 Å². The highest BCUT2D eigenvalue weighted by atomic mass is 19.1. The molecule has 1 aliphatic rings. The molecular formula is C16H25FN2O. The van der Waals surface area contributed by atoms with Crippen LogP contribution in [0, 0.1) is 12.7 Å². The lowest BCUT2D eigenvalue weighted by Gasteiger charge is -2.32. The van der Waals surface area contributed by atoms with E-state index in [2.05, 4.69) is 4.90 Å². The Hall–Kier alpha value is -0.970. The lowest BCUT2D eigenvalue weighted by Crippen LogP contribution is -2.38. The van der Waals surface area contributed by atoms with Crippen molar-refractivity contribution in [3.8, 4) is 0 Å². The predicted molar refractivity (Wildman–Crippen MR) is 79.2 cm³/mol. The first kappa shape index (κ1) is 15.4. The molecule has 1 heterocycles. The molecule has 0 spiro atoms. The largest absolute Gasteiger partial charge is 0.377 e. The summed E-state index contributed by atoms with van der Waals surface area (Å²) in [6, 6.07) is 5.11. The number of aryl methyl sites for hydroxylation is 1. The number of benzene rings is 1. The summed E-state index contributed by atoms with van der Waals surface area (Å²) in [5.74, 6) is -0.178. The van der Waals surface area contributed by atoms with Crippen molar-refractivity contribution >= 4 is 0 Å². The molecule has 3 nitrogen and oxygen atoms in total. The second kappa shape index (κ2) is 7.16. The topological polar surface area (TPSA) is 38.5 Å². The number of hydrogen-bond acceptors (Lipinski definition) is 3. The van der Waals surface area contributed by atoms with Crippen LogP contribution in [0.25, 0.3) is 0 Å². The van der Waals surface area contributed by atoms with Gasteiger partial charge in [-0.25, -0.2) is 4.39 Å². The molecule has 2 rings (SSSR count). The van der Waals surface area contributed by atoms with Crippen LogP contribution in [0.15, 0.2) is 18.2 Å². The Morgan fingerprint density at radius 1 is 1.45 bits per heavy atom. The Bertz CT molecular complexity index is 432.